The highest BCUT2D eigenvalue weighted by Gasteiger charge is 2.28. The Morgan fingerprint density at radius 3 is 2.12 bits per heavy atom. The van der Waals surface area contributed by atoms with Gasteiger partial charge in [0.1, 0.15) is 22.6 Å². The summed E-state index contributed by atoms with van der Waals surface area (Å²) in [4.78, 5) is 38.1. The van der Waals surface area contributed by atoms with Gasteiger partial charge in [-0.25, -0.2) is 9.59 Å². The van der Waals surface area contributed by atoms with Gasteiger partial charge in [-0.05, 0) is 58.6 Å². The van der Waals surface area contributed by atoms with Crippen molar-refractivity contribution in [2.24, 2.45) is 0 Å². The number of amides is 1. The molecular weight excluding hydrogens is 358 g/mol. The summed E-state index contributed by atoms with van der Waals surface area (Å²) >= 11 is 1.21. The fraction of sp³-hybridized carbons (Fsp3) is 0.611. The summed E-state index contributed by atoms with van der Waals surface area (Å²) in [7, 11) is 1.29. The van der Waals surface area contributed by atoms with E-state index in [1.165, 1.54) is 23.3 Å². The van der Waals surface area contributed by atoms with Crippen molar-refractivity contribution in [1.82, 2.24) is 4.90 Å². The number of esters is 2. The molecule has 1 aromatic rings. The van der Waals surface area contributed by atoms with Gasteiger partial charge in [-0.2, -0.15) is 0 Å². The zero-order valence-electron chi connectivity index (χ0n) is 16.4. The molecule has 7 nitrogen and oxygen atoms in total. The molecule has 8 heteroatoms. The van der Waals surface area contributed by atoms with Crippen LogP contribution in [0.2, 0.25) is 0 Å². The topological polar surface area (TPSA) is 82.1 Å². The summed E-state index contributed by atoms with van der Waals surface area (Å²) in [6.45, 7) is 10.2. The average Bonchev–Trinajstić information content (AvgIpc) is 2.90. The number of thiophene rings is 1. The van der Waals surface area contributed by atoms with Crippen molar-refractivity contribution in [2.45, 2.75) is 59.3 Å². The molecule has 0 aliphatic carbocycles. The lowest BCUT2D eigenvalue weighted by Gasteiger charge is -2.28. The van der Waals surface area contributed by atoms with Crippen LogP contribution in [0.25, 0.3) is 0 Å². The Hall–Kier alpha value is -2.09. The SMILES string of the molecule is COC(=O)c1sccc1CN(CC(=O)OC(C)(C)C)C(=O)OC(C)(C)C. The number of methoxy groups -OCH3 is 1. The second kappa shape index (κ2) is 8.53. The van der Waals surface area contributed by atoms with E-state index in [2.05, 4.69) is 0 Å². The molecule has 1 rings (SSSR count). The molecule has 0 aliphatic rings. The minimum Gasteiger partial charge on any atom is -0.465 e. The zero-order valence-corrected chi connectivity index (χ0v) is 17.2. The molecule has 0 saturated carbocycles. The third-order valence-electron chi connectivity index (χ3n) is 2.87. The summed E-state index contributed by atoms with van der Waals surface area (Å²) in [5.74, 6) is -1.05. The number of hydrogen-bond donors (Lipinski definition) is 0. The summed E-state index contributed by atoms with van der Waals surface area (Å²) in [6.07, 6.45) is -0.662. The van der Waals surface area contributed by atoms with Gasteiger partial charge in [0.25, 0.3) is 0 Å². The monoisotopic (exact) mass is 385 g/mol. The van der Waals surface area contributed by atoms with Gasteiger partial charge in [-0.1, -0.05) is 0 Å². The molecule has 146 valence electrons. The molecule has 0 aliphatic heterocycles. The van der Waals surface area contributed by atoms with Gasteiger partial charge in [0.05, 0.1) is 13.7 Å². The Bertz CT molecular complexity index is 653. The minimum absolute atomic E-state index is 0.0299. The van der Waals surface area contributed by atoms with E-state index in [9.17, 15) is 14.4 Å². The van der Waals surface area contributed by atoms with Crippen LogP contribution in [-0.4, -0.2) is 47.8 Å². The summed E-state index contributed by atoms with van der Waals surface area (Å²) in [5.41, 5.74) is -0.810. The molecule has 0 unspecified atom stereocenters. The molecule has 26 heavy (non-hydrogen) atoms. The first kappa shape index (κ1) is 22.0. The number of rotatable bonds is 5. The van der Waals surface area contributed by atoms with Crippen molar-refractivity contribution < 1.29 is 28.6 Å². The molecule has 0 fully saturated rings. The van der Waals surface area contributed by atoms with Gasteiger partial charge in [0, 0.05) is 0 Å². The van der Waals surface area contributed by atoms with Gasteiger partial charge in [-0.15, -0.1) is 11.3 Å². The largest absolute Gasteiger partial charge is 0.465 e. The third kappa shape index (κ3) is 7.43. The summed E-state index contributed by atoms with van der Waals surface area (Å²) in [6, 6.07) is 1.71. The van der Waals surface area contributed by atoms with Gasteiger partial charge < -0.3 is 14.2 Å². The first-order valence-corrected chi connectivity index (χ1v) is 9.05. The Balaban J connectivity index is 3.01. The number of carbonyl (C=O) groups excluding carboxylic acids is 3. The van der Waals surface area contributed by atoms with E-state index in [1.807, 2.05) is 0 Å². The maximum Gasteiger partial charge on any atom is 0.411 e. The van der Waals surface area contributed by atoms with Crippen LogP contribution in [-0.2, 0) is 25.5 Å². The fourth-order valence-electron chi connectivity index (χ4n) is 1.98. The standard InChI is InChI=1S/C18H27NO6S/c1-17(2,3)24-13(20)11-19(16(22)25-18(4,5)6)10-12-8-9-26-14(12)15(21)23-7/h8-9H,10-11H2,1-7H3. The Kier molecular flexibility index (Phi) is 7.20. The van der Waals surface area contributed by atoms with Crippen LogP contribution in [0.3, 0.4) is 0 Å². The highest BCUT2D eigenvalue weighted by Crippen LogP contribution is 2.21. The van der Waals surface area contributed by atoms with Crippen LogP contribution < -0.4 is 0 Å². The minimum atomic E-state index is -0.719. The van der Waals surface area contributed by atoms with Gasteiger partial charge in [-0.3, -0.25) is 9.69 Å². The van der Waals surface area contributed by atoms with E-state index >= 15 is 0 Å². The second-order valence-corrected chi connectivity index (χ2v) is 8.61. The van der Waals surface area contributed by atoms with E-state index in [-0.39, 0.29) is 13.1 Å². The highest BCUT2D eigenvalue weighted by molar-refractivity contribution is 7.12. The first-order valence-electron chi connectivity index (χ1n) is 8.17. The van der Waals surface area contributed by atoms with Gasteiger partial charge in [0.2, 0.25) is 0 Å². The summed E-state index contributed by atoms with van der Waals surface area (Å²) < 4.78 is 15.4. The number of carbonyl (C=O) groups is 3. The number of ether oxygens (including phenoxy) is 3. The van der Waals surface area contributed by atoms with Crippen LogP contribution >= 0.6 is 11.3 Å². The first-order chi connectivity index (χ1) is 11.8. The molecule has 0 saturated heterocycles. The van der Waals surface area contributed by atoms with Crippen LogP contribution in [0, 0.1) is 0 Å². The summed E-state index contributed by atoms with van der Waals surface area (Å²) in [5, 5.41) is 1.72. The van der Waals surface area contributed by atoms with Crippen LogP contribution in [0.5, 0.6) is 0 Å². The van der Waals surface area contributed by atoms with E-state index in [4.69, 9.17) is 14.2 Å². The molecule has 0 radical (unpaired) electrons. The molecule has 0 atom stereocenters. The lowest BCUT2D eigenvalue weighted by atomic mass is 10.2. The molecule has 0 spiro atoms. The average molecular weight is 385 g/mol. The van der Waals surface area contributed by atoms with Crippen LogP contribution in [0.4, 0.5) is 4.79 Å². The van der Waals surface area contributed by atoms with Gasteiger partial charge >= 0.3 is 18.0 Å². The molecule has 1 heterocycles. The number of nitrogens with zero attached hydrogens (tertiary/aromatic N) is 1. The Labute approximate surface area is 158 Å². The predicted octanol–water partition coefficient (Wildman–Crippen LogP) is 3.61. The van der Waals surface area contributed by atoms with Crippen LogP contribution in [0.1, 0.15) is 56.8 Å². The molecule has 0 bridgehead atoms. The number of hydrogen-bond acceptors (Lipinski definition) is 7. The Morgan fingerprint density at radius 1 is 1.04 bits per heavy atom. The smallest absolute Gasteiger partial charge is 0.411 e. The van der Waals surface area contributed by atoms with E-state index in [0.717, 1.165) is 0 Å². The fourth-order valence-corrected chi connectivity index (χ4v) is 2.81. The lowest BCUT2D eigenvalue weighted by Crippen LogP contribution is -2.41. The third-order valence-corrected chi connectivity index (χ3v) is 3.81. The van der Waals surface area contributed by atoms with Crippen molar-refractivity contribution in [3.8, 4) is 0 Å². The Morgan fingerprint density at radius 2 is 1.62 bits per heavy atom. The quantitative estimate of drug-likeness (QED) is 0.569. The maximum atomic E-state index is 12.5. The molecule has 0 aromatic carbocycles. The second-order valence-electron chi connectivity index (χ2n) is 7.69. The van der Waals surface area contributed by atoms with Crippen molar-refractivity contribution >= 4 is 29.4 Å². The van der Waals surface area contributed by atoms with Crippen molar-refractivity contribution in [3.63, 3.8) is 0 Å². The van der Waals surface area contributed by atoms with E-state index < -0.39 is 29.2 Å². The predicted molar refractivity (Wildman–Crippen MR) is 98.1 cm³/mol. The maximum absolute atomic E-state index is 12.5. The van der Waals surface area contributed by atoms with Gasteiger partial charge in [0.15, 0.2) is 0 Å². The molecular formula is C18H27NO6S. The van der Waals surface area contributed by atoms with Crippen molar-refractivity contribution in [2.75, 3.05) is 13.7 Å². The molecule has 1 aromatic heterocycles. The molecule has 0 N–H and O–H groups in total. The van der Waals surface area contributed by atoms with E-state index in [0.29, 0.717) is 10.4 Å². The zero-order chi connectivity index (χ0) is 20.1. The van der Waals surface area contributed by atoms with Crippen molar-refractivity contribution in [1.29, 1.82) is 0 Å². The van der Waals surface area contributed by atoms with E-state index in [1.54, 1.807) is 53.0 Å². The normalized spacial score (nSPS) is 11.7. The van der Waals surface area contributed by atoms with Crippen molar-refractivity contribution in [3.05, 3.63) is 21.9 Å². The molecule has 1 amide bonds. The highest BCUT2D eigenvalue weighted by atomic mass is 32.1. The van der Waals surface area contributed by atoms with Crippen LogP contribution in [0.15, 0.2) is 11.4 Å². The lowest BCUT2D eigenvalue weighted by molar-refractivity contribution is -0.156.